The maximum Gasteiger partial charge on any atom is 0.122 e. The third kappa shape index (κ3) is 2.28. The minimum absolute atomic E-state index is 0.298. The molecule has 0 aliphatic carbocycles. The van der Waals surface area contributed by atoms with Crippen LogP contribution in [0.2, 0.25) is 0 Å². The van der Waals surface area contributed by atoms with Crippen LogP contribution in [0.15, 0.2) is 10.5 Å². The third-order valence-corrected chi connectivity index (χ3v) is 3.14. The fourth-order valence-electron chi connectivity index (χ4n) is 1.47. The molecule has 0 radical (unpaired) electrons. The van der Waals surface area contributed by atoms with Gasteiger partial charge in [-0.15, -0.1) is 0 Å². The molecular formula is C11H15BrO2. The number of aryl methyl sites for hydroxylation is 1. The van der Waals surface area contributed by atoms with Gasteiger partial charge in [-0.2, -0.15) is 0 Å². The fourth-order valence-corrected chi connectivity index (χ4v) is 2.05. The smallest absolute Gasteiger partial charge is 0.122 e. The Kier molecular flexibility index (Phi) is 3.56. The molecule has 0 saturated heterocycles. The molecule has 1 rings (SSSR count). The number of phenols is 1. The van der Waals surface area contributed by atoms with Crippen LogP contribution in [0, 0.1) is 13.8 Å². The van der Waals surface area contributed by atoms with Crippen LogP contribution in [-0.4, -0.2) is 16.3 Å². The highest BCUT2D eigenvalue weighted by atomic mass is 79.9. The SMILES string of the molecule is Cc1cc(Br)c(C)c(CC(C)O)c1O. The number of aliphatic hydroxyl groups is 1. The Morgan fingerprint density at radius 3 is 2.50 bits per heavy atom. The van der Waals surface area contributed by atoms with Crippen molar-refractivity contribution in [2.45, 2.75) is 33.3 Å². The molecule has 3 heteroatoms. The molecule has 0 amide bonds. The number of benzene rings is 1. The van der Waals surface area contributed by atoms with Crippen molar-refractivity contribution in [3.8, 4) is 5.75 Å². The first-order valence-electron chi connectivity index (χ1n) is 4.59. The van der Waals surface area contributed by atoms with Gasteiger partial charge in [0.05, 0.1) is 6.10 Å². The van der Waals surface area contributed by atoms with E-state index in [0.717, 1.165) is 21.2 Å². The van der Waals surface area contributed by atoms with Crippen LogP contribution in [0.5, 0.6) is 5.75 Å². The van der Waals surface area contributed by atoms with E-state index >= 15 is 0 Å². The molecule has 2 nitrogen and oxygen atoms in total. The van der Waals surface area contributed by atoms with Gasteiger partial charge in [0.2, 0.25) is 0 Å². The lowest BCUT2D eigenvalue weighted by molar-refractivity contribution is 0.194. The summed E-state index contributed by atoms with van der Waals surface area (Å²) in [6.07, 6.45) is 0.0473. The summed E-state index contributed by atoms with van der Waals surface area (Å²) in [5.74, 6) is 0.298. The van der Waals surface area contributed by atoms with Crippen LogP contribution < -0.4 is 0 Å². The van der Waals surface area contributed by atoms with Gasteiger partial charge in [0.1, 0.15) is 5.75 Å². The molecule has 0 saturated carbocycles. The summed E-state index contributed by atoms with van der Waals surface area (Å²) in [5.41, 5.74) is 2.65. The second kappa shape index (κ2) is 4.32. The van der Waals surface area contributed by atoms with Crippen LogP contribution in [0.3, 0.4) is 0 Å². The molecule has 0 fully saturated rings. The van der Waals surface area contributed by atoms with E-state index in [2.05, 4.69) is 15.9 Å². The zero-order valence-electron chi connectivity index (χ0n) is 8.63. The average Bonchev–Trinajstić information content (AvgIpc) is 2.09. The Balaban J connectivity index is 3.25. The van der Waals surface area contributed by atoms with E-state index in [1.54, 1.807) is 6.92 Å². The highest BCUT2D eigenvalue weighted by Crippen LogP contribution is 2.32. The summed E-state index contributed by atoms with van der Waals surface area (Å²) >= 11 is 3.43. The van der Waals surface area contributed by atoms with Gasteiger partial charge < -0.3 is 10.2 Å². The summed E-state index contributed by atoms with van der Waals surface area (Å²) < 4.78 is 0.975. The predicted octanol–water partition coefficient (Wildman–Crippen LogP) is 2.69. The summed E-state index contributed by atoms with van der Waals surface area (Å²) in [5, 5.41) is 19.1. The molecule has 78 valence electrons. The van der Waals surface area contributed by atoms with Crippen LogP contribution in [0.25, 0.3) is 0 Å². The van der Waals surface area contributed by atoms with Crippen LogP contribution in [0.4, 0.5) is 0 Å². The summed E-state index contributed by atoms with van der Waals surface area (Å²) in [6, 6.07) is 1.89. The molecule has 2 N–H and O–H groups in total. The number of hydrogen-bond donors (Lipinski definition) is 2. The number of hydrogen-bond acceptors (Lipinski definition) is 2. The second-order valence-corrected chi connectivity index (χ2v) is 4.53. The number of aliphatic hydroxyl groups excluding tert-OH is 1. The minimum Gasteiger partial charge on any atom is -0.507 e. The molecule has 14 heavy (non-hydrogen) atoms. The Morgan fingerprint density at radius 2 is 2.00 bits per heavy atom. The lowest BCUT2D eigenvalue weighted by atomic mass is 9.99. The van der Waals surface area contributed by atoms with E-state index in [-0.39, 0.29) is 0 Å². The summed E-state index contributed by atoms with van der Waals surface area (Å²) in [7, 11) is 0. The van der Waals surface area contributed by atoms with Crippen molar-refractivity contribution >= 4 is 15.9 Å². The van der Waals surface area contributed by atoms with Gasteiger partial charge >= 0.3 is 0 Å². The highest BCUT2D eigenvalue weighted by molar-refractivity contribution is 9.10. The van der Waals surface area contributed by atoms with E-state index in [0.29, 0.717) is 12.2 Å². The molecule has 0 bridgehead atoms. The first-order valence-corrected chi connectivity index (χ1v) is 5.38. The van der Waals surface area contributed by atoms with Crippen molar-refractivity contribution in [3.05, 3.63) is 27.2 Å². The van der Waals surface area contributed by atoms with Crippen molar-refractivity contribution in [1.29, 1.82) is 0 Å². The van der Waals surface area contributed by atoms with Gasteiger partial charge in [-0.25, -0.2) is 0 Å². The fraction of sp³-hybridized carbons (Fsp3) is 0.455. The van der Waals surface area contributed by atoms with E-state index in [1.165, 1.54) is 0 Å². The first-order chi connectivity index (χ1) is 6.43. The van der Waals surface area contributed by atoms with Gasteiger partial charge in [0.25, 0.3) is 0 Å². The number of phenolic OH excluding ortho intramolecular Hbond substituents is 1. The molecule has 1 aromatic carbocycles. The highest BCUT2D eigenvalue weighted by Gasteiger charge is 2.12. The third-order valence-electron chi connectivity index (χ3n) is 2.31. The largest absolute Gasteiger partial charge is 0.507 e. The van der Waals surface area contributed by atoms with Crippen molar-refractivity contribution in [1.82, 2.24) is 0 Å². The van der Waals surface area contributed by atoms with E-state index in [4.69, 9.17) is 0 Å². The molecule has 0 aliphatic rings. The minimum atomic E-state index is -0.437. The molecule has 0 aliphatic heterocycles. The maximum atomic E-state index is 9.82. The monoisotopic (exact) mass is 258 g/mol. The van der Waals surface area contributed by atoms with Crippen molar-refractivity contribution in [2.24, 2.45) is 0 Å². The topological polar surface area (TPSA) is 40.5 Å². The molecule has 0 spiro atoms. The number of aromatic hydroxyl groups is 1. The zero-order valence-corrected chi connectivity index (χ0v) is 10.2. The van der Waals surface area contributed by atoms with Crippen LogP contribution in [-0.2, 0) is 6.42 Å². The molecule has 1 unspecified atom stereocenters. The van der Waals surface area contributed by atoms with Crippen LogP contribution >= 0.6 is 15.9 Å². The van der Waals surface area contributed by atoms with Crippen molar-refractivity contribution in [2.75, 3.05) is 0 Å². The Bertz CT molecular complexity index is 319. The molecule has 1 atom stereocenters. The first kappa shape index (κ1) is 11.5. The molecular weight excluding hydrogens is 244 g/mol. The average molecular weight is 259 g/mol. The molecule has 0 heterocycles. The quantitative estimate of drug-likeness (QED) is 0.857. The van der Waals surface area contributed by atoms with Gasteiger partial charge in [-0.3, -0.25) is 0 Å². The Morgan fingerprint density at radius 1 is 1.43 bits per heavy atom. The predicted molar refractivity (Wildman–Crippen MR) is 60.7 cm³/mol. The maximum absolute atomic E-state index is 9.82. The summed E-state index contributed by atoms with van der Waals surface area (Å²) in [6.45, 7) is 5.50. The van der Waals surface area contributed by atoms with E-state index in [9.17, 15) is 10.2 Å². The normalized spacial score (nSPS) is 12.9. The van der Waals surface area contributed by atoms with Gasteiger partial charge in [-0.1, -0.05) is 15.9 Å². The van der Waals surface area contributed by atoms with Crippen molar-refractivity contribution < 1.29 is 10.2 Å². The van der Waals surface area contributed by atoms with Crippen LogP contribution in [0.1, 0.15) is 23.6 Å². The number of rotatable bonds is 2. The number of halogens is 1. The van der Waals surface area contributed by atoms with Gasteiger partial charge in [0.15, 0.2) is 0 Å². The molecule has 0 aromatic heterocycles. The van der Waals surface area contributed by atoms with Gasteiger partial charge in [0, 0.05) is 16.5 Å². The lowest BCUT2D eigenvalue weighted by Crippen LogP contribution is -2.06. The van der Waals surface area contributed by atoms with E-state index < -0.39 is 6.10 Å². The zero-order chi connectivity index (χ0) is 10.9. The Labute approximate surface area is 92.7 Å². The standard InChI is InChI=1S/C11H15BrO2/c1-6-4-10(12)8(3)9(11(6)14)5-7(2)13/h4,7,13-14H,5H2,1-3H3. The second-order valence-electron chi connectivity index (χ2n) is 3.68. The molecule has 1 aromatic rings. The van der Waals surface area contributed by atoms with Gasteiger partial charge in [-0.05, 0) is 38.0 Å². The lowest BCUT2D eigenvalue weighted by Gasteiger charge is -2.14. The van der Waals surface area contributed by atoms with E-state index in [1.807, 2.05) is 19.9 Å². The van der Waals surface area contributed by atoms with Crippen molar-refractivity contribution in [3.63, 3.8) is 0 Å². The summed E-state index contributed by atoms with van der Waals surface area (Å²) in [4.78, 5) is 0. The Hall–Kier alpha value is -0.540.